The van der Waals surface area contributed by atoms with E-state index in [1.807, 2.05) is 24.3 Å². The van der Waals surface area contributed by atoms with Crippen LogP contribution in [0.15, 0.2) is 36.9 Å². The van der Waals surface area contributed by atoms with Crippen LogP contribution in [0.3, 0.4) is 0 Å². The molecule has 0 saturated heterocycles. The zero-order valence-corrected chi connectivity index (χ0v) is 9.29. The van der Waals surface area contributed by atoms with E-state index in [4.69, 9.17) is 0 Å². The maximum atomic E-state index is 10.9. The van der Waals surface area contributed by atoms with Gasteiger partial charge in [0.15, 0.2) is 0 Å². The maximum Gasteiger partial charge on any atom is 0.348 e. The molecule has 2 rings (SSSR count). The van der Waals surface area contributed by atoms with Crippen LogP contribution < -0.4 is 5.32 Å². The lowest BCUT2D eigenvalue weighted by molar-refractivity contribution is -0.379. The molecule has 0 saturated carbocycles. The van der Waals surface area contributed by atoms with E-state index < -0.39 is 0 Å². The number of nitrogens with zero attached hydrogens (tertiary/aromatic N) is 1. The number of nitrogens with one attached hydrogen (secondary N) is 1. The maximum absolute atomic E-state index is 10.9. The second-order valence-corrected chi connectivity index (χ2v) is 4.24. The first kappa shape index (κ1) is 10.6. The number of nitro groups is 1. The molecule has 0 atom stereocenters. The summed E-state index contributed by atoms with van der Waals surface area (Å²) >= 11 is 1.19. The monoisotopic (exact) mass is 234 g/mol. The van der Waals surface area contributed by atoms with Gasteiger partial charge in [-0.15, -0.1) is 6.58 Å². The molecule has 1 heterocycles. The van der Waals surface area contributed by atoms with Gasteiger partial charge < -0.3 is 5.32 Å². The second-order valence-electron chi connectivity index (χ2n) is 3.21. The Balaban J connectivity index is 2.59. The summed E-state index contributed by atoms with van der Waals surface area (Å²) in [6.45, 7) is 4.10. The van der Waals surface area contributed by atoms with Gasteiger partial charge in [0.1, 0.15) is 5.69 Å². The Morgan fingerprint density at radius 3 is 2.94 bits per heavy atom. The number of hydrogen-bond acceptors (Lipinski definition) is 4. The third-order valence-corrected chi connectivity index (χ3v) is 3.29. The van der Waals surface area contributed by atoms with Crippen LogP contribution in [0, 0.1) is 10.1 Å². The SMILES string of the molecule is C=CCNc1c([N+](=O)[O-])sc2ccccc12. The molecular formula is C11H10N2O2S. The summed E-state index contributed by atoms with van der Waals surface area (Å²) in [5, 5.41) is 15.0. The van der Waals surface area contributed by atoms with Gasteiger partial charge in [-0.2, -0.15) is 0 Å². The van der Waals surface area contributed by atoms with Crippen LogP contribution in [0.1, 0.15) is 0 Å². The number of rotatable bonds is 4. The lowest BCUT2D eigenvalue weighted by atomic mass is 10.2. The van der Waals surface area contributed by atoms with E-state index in [0.717, 1.165) is 10.1 Å². The summed E-state index contributed by atoms with van der Waals surface area (Å²) in [4.78, 5) is 10.6. The largest absolute Gasteiger partial charge is 0.375 e. The number of benzene rings is 1. The van der Waals surface area contributed by atoms with Gasteiger partial charge in [0.25, 0.3) is 0 Å². The van der Waals surface area contributed by atoms with Gasteiger partial charge in [-0.25, -0.2) is 0 Å². The molecular weight excluding hydrogens is 224 g/mol. The van der Waals surface area contributed by atoms with E-state index in [0.29, 0.717) is 12.2 Å². The smallest absolute Gasteiger partial charge is 0.348 e. The minimum Gasteiger partial charge on any atom is -0.375 e. The Morgan fingerprint density at radius 2 is 2.25 bits per heavy atom. The van der Waals surface area contributed by atoms with Crippen LogP contribution in [0.25, 0.3) is 10.1 Å². The molecule has 0 bridgehead atoms. The molecule has 0 amide bonds. The predicted octanol–water partition coefficient (Wildman–Crippen LogP) is 3.41. The van der Waals surface area contributed by atoms with Crippen molar-refractivity contribution in [3.63, 3.8) is 0 Å². The fourth-order valence-corrected chi connectivity index (χ4v) is 2.50. The molecule has 4 nitrogen and oxygen atoms in total. The van der Waals surface area contributed by atoms with Crippen molar-refractivity contribution in [1.29, 1.82) is 0 Å². The number of anilines is 1. The average molecular weight is 234 g/mol. The fraction of sp³-hybridized carbons (Fsp3) is 0.0909. The highest BCUT2D eigenvalue weighted by Crippen LogP contribution is 2.41. The molecule has 0 aliphatic heterocycles. The van der Waals surface area contributed by atoms with Crippen LogP contribution in [0.5, 0.6) is 0 Å². The van der Waals surface area contributed by atoms with Crippen molar-refractivity contribution in [3.8, 4) is 0 Å². The van der Waals surface area contributed by atoms with E-state index in [1.165, 1.54) is 11.3 Å². The molecule has 5 heteroatoms. The minimum absolute atomic E-state index is 0.156. The van der Waals surface area contributed by atoms with E-state index in [1.54, 1.807) is 6.08 Å². The summed E-state index contributed by atoms with van der Waals surface area (Å²) < 4.78 is 0.917. The topological polar surface area (TPSA) is 55.2 Å². The van der Waals surface area contributed by atoms with Crippen LogP contribution in [-0.2, 0) is 0 Å². The summed E-state index contributed by atoms with van der Waals surface area (Å²) in [6, 6.07) is 7.51. The number of hydrogen-bond donors (Lipinski definition) is 1. The standard InChI is InChI=1S/C11H10N2O2S/c1-2-7-12-10-8-5-3-4-6-9(8)16-11(10)13(14)15/h2-6,12H,1,7H2. The zero-order chi connectivity index (χ0) is 11.5. The lowest BCUT2D eigenvalue weighted by Crippen LogP contribution is -1.99. The molecule has 16 heavy (non-hydrogen) atoms. The molecule has 0 fully saturated rings. The van der Waals surface area contributed by atoms with E-state index in [9.17, 15) is 10.1 Å². The van der Waals surface area contributed by atoms with Crippen LogP contribution in [0.4, 0.5) is 10.7 Å². The fourth-order valence-electron chi connectivity index (χ4n) is 1.51. The van der Waals surface area contributed by atoms with Gasteiger partial charge >= 0.3 is 5.00 Å². The third-order valence-electron chi connectivity index (χ3n) is 2.17. The van der Waals surface area contributed by atoms with Crippen molar-refractivity contribution in [2.75, 3.05) is 11.9 Å². The molecule has 82 valence electrons. The summed E-state index contributed by atoms with van der Waals surface area (Å²) in [7, 11) is 0. The lowest BCUT2D eigenvalue weighted by Gasteiger charge is -2.00. The van der Waals surface area contributed by atoms with Crippen LogP contribution in [-0.4, -0.2) is 11.5 Å². The third kappa shape index (κ3) is 1.77. The van der Waals surface area contributed by atoms with Crippen molar-refractivity contribution in [2.45, 2.75) is 0 Å². The first-order valence-corrected chi connectivity index (χ1v) is 5.56. The molecule has 0 unspecified atom stereocenters. The molecule has 0 spiro atoms. The Morgan fingerprint density at radius 1 is 1.50 bits per heavy atom. The van der Waals surface area contributed by atoms with E-state index in [2.05, 4.69) is 11.9 Å². The molecule has 0 aliphatic rings. The Bertz CT molecular complexity index is 548. The summed E-state index contributed by atoms with van der Waals surface area (Å²) in [5.41, 5.74) is 0.588. The van der Waals surface area contributed by atoms with Gasteiger partial charge in [0.2, 0.25) is 0 Å². The van der Waals surface area contributed by atoms with Crippen molar-refractivity contribution in [3.05, 3.63) is 47.0 Å². The first-order chi connectivity index (χ1) is 7.74. The Kier molecular flexibility index (Phi) is 2.87. The van der Waals surface area contributed by atoms with Gasteiger partial charge in [-0.3, -0.25) is 10.1 Å². The molecule has 1 N–H and O–H groups in total. The van der Waals surface area contributed by atoms with Crippen molar-refractivity contribution < 1.29 is 4.92 Å². The number of fused-ring (bicyclic) bond motifs is 1. The van der Waals surface area contributed by atoms with Gasteiger partial charge in [-0.1, -0.05) is 35.6 Å². The Hall–Kier alpha value is -1.88. The molecule has 2 aromatic rings. The summed E-state index contributed by atoms with van der Waals surface area (Å²) in [6.07, 6.45) is 1.68. The quantitative estimate of drug-likeness (QED) is 0.501. The molecule has 0 radical (unpaired) electrons. The summed E-state index contributed by atoms with van der Waals surface area (Å²) in [5.74, 6) is 0. The van der Waals surface area contributed by atoms with Crippen molar-refractivity contribution in [2.24, 2.45) is 0 Å². The van der Waals surface area contributed by atoms with Gasteiger partial charge in [-0.05, 0) is 6.07 Å². The van der Waals surface area contributed by atoms with E-state index in [-0.39, 0.29) is 9.92 Å². The molecule has 0 aliphatic carbocycles. The first-order valence-electron chi connectivity index (χ1n) is 4.74. The highest BCUT2D eigenvalue weighted by atomic mass is 32.1. The highest BCUT2D eigenvalue weighted by Gasteiger charge is 2.20. The zero-order valence-electron chi connectivity index (χ0n) is 8.47. The van der Waals surface area contributed by atoms with Crippen molar-refractivity contribution >= 4 is 32.1 Å². The molecule has 1 aromatic heterocycles. The Labute approximate surface area is 96.4 Å². The van der Waals surface area contributed by atoms with Gasteiger partial charge in [0.05, 0.1) is 4.92 Å². The van der Waals surface area contributed by atoms with Gasteiger partial charge in [0, 0.05) is 16.6 Å². The second kappa shape index (κ2) is 4.32. The van der Waals surface area contributed by atoms with Crippen LogP contribution in [0.2, 0.25) is 0 Å². The van der Waals surface area contributed by atoms with E-state index >= 15 is 0 Å². The van der Waals surface area contributed by atoms with Crippen LogP contribution >= 0.6 is 11.3 Å². The predicted molar refractivity (Wildman–Crippen MR) is 67.2 cm³/mol. The number of thiophene rings is 1. The minimum atomic E-state index is -0.351. The average Bonchev–Trinajstić information content (AvgIpc) is 2.65. The highest BCUT2D eigenvalue weighted by molar-refractivity contribution is 7.23. The normalized spacial score (nSPS) is 10.2. The van der Waals surface area contributed by atoms with Crippen molar-refractivity contribution in [1.82, 2.24) is 0 Å². The molecule has 1 aromatic carbocycles.